The Hall–Kier alpha value is -3.15. The third-order valence-electron chi connectivity index (χ3n) is 7.83. The largest absolute Gasteiger partial charge is 0.421 e. The number of hydrogen-bond donors (Lipinski definition) is 0. The Labute approximate surface area is 226 Å². The van der Waals surface area contributed by atoms with Gasteiger partial charge in [0.15, 0.2) is 0 Å². The van der Waals surface area contributed by atoms with E-state index < -0.39 is 0 Å². The van der Waals surface area contributed by atoms with Crippen LogP contribution in [0.3, 0.4) is 0 Å². The van der Waals surface area contributed by atoms with Gasteiger partial charge in [-0.05, 0) is 55.2 Å². The highest BCUT2D eigenvalue weighted by molar-refractivity contribution is 8.04. The van der Waals surface area contributed by atoms with Gasteiger partial charge in [-0.3, -0.25) is 0 Å². The van der Waals surface area contributed by atoms with Crippen LogP contribution in [0.4, 0.5) is 0 Å². The second kappa shape index (κ2) is 9.00. The summed E-state index contributed by atoms with van der Waals surface area (Å²) in [7, 11) is 0. The molecule has 186 valence electrons. The molecule has 1 aromatic heterocycles. The van der Waals surface area contributed by atoms with E-state index in [1.165, 1.54) is 28.9 Å². The molecule has 4 nitrogen and oxygen atoms in total. The lowest BCUT2D eigenvalue weighted by atomic mass is 9.89. The maximum atomic E-state index is 6.97. The number of nitrogens with zero attached hydrogens (tertiary/aromatic N) is 3. The monoisotopic (exact) mass is 525 g/mol. The summed E-state index contributed by atoms with van der Waals surface area (Å²) < 4.78 is 8.94. The molecule has 3 aromatic carbocycles. The van der Waals surface area contributed by atoms with Crippen molar-refractivity contribution in [1.29, 1.82) is 0 Å². The van der Waals surface area contributed by atoms with E-state index >= 15 is 0 Å². The number of benzene rings is 3. The van der Waals surface area contributed by atoms with Crippen molar-refractivity contribution >= 4 is 23.4 Å². The number of fused-ring (bicyclic) bond motifs is 1. The van der Waals surface area contributed by atoms with E-state index in [1.54, 1.807) is 0 Å². The van der Waals surface area contributed by atoms with Gasteiger partial charge in [-0.1, -0.05) is 96.9 Å². The van der Waals surface area contributed by atoms with Crippen molar-refractivity contribution in [3.8, 4) is 11.6 Å². The molecule has 3 aliphatic rings. The molecule has 0 N–H and O–H groups in total. The molecule has 0 bridgehead atoms. The van der Waals surface area contributed by atoms with Crippen LogP contribution in [-0.2, 0) is 6.54 Å². The molecule has 0 saturated heterocycles. The van der Waals surface area contributed by atoms with Gasteiger partial charge in [-0.15, -0.1) is 0 Å². The maximum Gasteiger partial charge on any atom is 0.229 e. The van der Waals surface area contributed by atoms with Crippen LogP contribution in [0.5, 0.6) is 5.88 Å². The first-order valence-corrected chi connectivity index (χ1v) is 14.2. The Morgan fingerprint density at radius 1 is 0.946 bits per heavy atom. The zero-order valence-electron chi connectivity index (χ0n) is 20.7. The average Bonchev–Trinajstić information content (AvgIpc) is 3.62. The van der Waals surface area contributed by atoms with E-state index in [2.05, 4.69) is 66.4 Å². The maximum absolute atomic E-state index is 6.97. The predicted octanol–water partition coefficient (Wildman–Crippen LogP) is 8.05. The van der Waals surface area contributed by atoms with Gasteiger partial charge in [0.2, 0.25) is 11.8 Å². The molecule has 1 aliphatic carbocycles. The molecule has 0 amide bonds. The summed E-state index contributed by atoms with van der Waals surface area (Å²) in [6.07, 6.45) is 4.81. The number of aromatic nitrogens is 2. The Kier molecular flexibility index (Phi) is 5.60. The lowest BCUT2D eigenvalue weighted by Crippen LogP contribution is -2.40. The fraction of sp³-hybridized carbons (Fsp3) is 0.258. The topological polar surface area (TPSA) is 30.3 Å². The predicted molar refractivity (Wildman–Crippen MR) is 150 cm³/mol. The number of halogens is 1. The molecule has 0 radical (unpaired) electrons. The summed E-state index contributed by atoms with van der Waals surface area (Å²) in [4.78, 5) is 3.87. The van der Waals surface area contributed by atoms with Gasteiger partial charge in [0, 0.05) is 11.6 Å². The van der Waals surface area contributed by atoms with Crippen LogP contribution >= 0.6 is 23.4 Å². The van der Waals surface area contributed by atoms with E-state index in [1.807, 2.05) is 46.8 Å². The summed E-state index contributed by atoms with van der Waals surface area (Å²) in [5.41, 5.74) is 5.66. The third-order valence-corrected chi connectivity index (χ3v) is 9.72. The molecule has 7 rings (SSSR count). The van der Waals surface area contributed by atoms with Gasteiger partial charge in [-0.2, -0.15) is 5.10 Å². The molecule has 4 aromatic rings. The molecule has 1 fully saturated rings. The number of para-hydroxylation sites is 1. The van der Waals surface area contributed by atoms with Crippen LogP contribution in [0.15, 0.2) is 95.7 Å². The second-order valence-electron chi connectivity index (χ2n) is 10.1. The van der Waals surface area contributed by atoms with Gasteiger partial charge >= 0.3 is 0 Å². The fourth-order valence-electron chi connectivity index (χ4n) is 6.08. The van der Waals surface area contributed by atoms with Gasteiger partial charge < -0.3 is 9.64 Å². The van der Waals surface area contributed by atoms with E-state index in [9.17, 15) is 0 Å². The van der Waals surface area contributed by atoms with Gasteiger partial charge in [0.25, 0.3) is 0 Å². The fourth-order valence-corrected chi connectivity index (χ4v) is 7.98. The molecule has 1 spiro atoms. The van der Waals surface area contributed by atoms with Crippen molar-refractivity contribution in [2.45, 2.75) is 49.9 Å². The number of aryl methyl sites for hydroxylation is 1. The molecule has 1 atom stereocenters. The van der Waals surface area contributed by atoms with Crippen molar-refractivity contribution in [3.63, 3.8) is 0 Å². The highest BCUT2D eigenvalue weighted by Gasteiger charge is 2.53. The Bertz CT molecular complexity index is 1470. The quantitative estimate of drug-likeness (QED) is 0.269. The van der Waals surface area contributed by atoms with Crippen molar-refractivity contribution < 1.29 is 4.74 Å². The third kappa shape index (κ3) is 3.79. The minimum atomic E-state index is 0.0214. The first-order valence-electron chi connectivity index (χ1n) is 13.0. The molecular formula is C31H28ClN3OS. The molecule has 1 saturated carbocycles. The molecule has 6 heteroatoms. The Balaban J connectivity index is 1.42. The van der Waals surface area contributed by atoms with Crippen LogP contribution in [0.1, 0.15) is 54.0 Å². The summed E-state index contributed by atoms with van der Waals surface area (Å²) in [5, 5.41) is 5.74. The zero-order chi connectivity index (χ0) is 25.0. The normalized spacial score (nSPS) is 19.7. The first-order chi connectivity index (χ1) is 18.1. The molecule has 37 heavy (non-hydrogen) atoms. The SMILES string of the molecule is Cc1nn(-c2ccccc2)c2c1C(c1ccc(Cl)cc1)C1=C(O2)N(Cc2ccccc2)C2(CCCC2)S1. The summed E-state index contributed by atoms with van der Waals surface area (Å²) in [5.74, 6) is 1.85. The molecule has 3 heterocycles. The minimum Gasteiger partial charge on any atom is -0.421 e. The highest BCUT2D eigenvalue weighted by atomic mass is 35.5. The van der Waals surface area contributed by atoms with Gasteiger partial charge in [0.1, 0.15) is 0 Å². The number of ether oxygens (including phenoxy) is 1. The molecule has 1 unspecified atom stereocenters. The van der Waals surface area contributed by atoms with E-state index in [0.29, 0.717) is 0 Å². The second-order valence-corrected chi connectivity index (χ2v) is 12.0. The van der Waals surface area contributed by atoms with Crippen LogP contribution in [0, 0.1) is 6.92 Å². The molecule has 2 aliphatic heterocycles. The van der Waals surface area contributed by atoms with E-state index in [0.717, 1.165) is 53.1 Å². The van der Waals surface area contributed by atoms with Gasteiger partial charge in [0.05, 0.1) is 32.6 Å². The highest BCUT2D eigenvalue weighted by Crippen LogP contribution is 2.62. The average molecular weight is 526 g/mol. The zero-order valence-corrected chi connectivity index (χ0v) is 22.3. The van der Waals surface area contributed by atoms with Crippen molar-refractivity contribution in [1.82, 2.24) is 14.7 Å². The van der Waals surface area contributed by atoms with Crippen LogP contribution < -0.4 is 4.74 Å². The van der Waals surface area contributed by atoms with Crippen molar-refractivity contribution in [3.05, 3.63) is 123 Å². The minimum absolute atomic E-state index is 0.0214. The summed E-state index contributed by atoms with van der Waals surface area (Å²) in [6, 6.07) is 29.4. The van der Waals surface area contributed by atoms with Crippen molar-refractivity contribution in [2.75, 3.05) is 0 Å². The van der Waals surface area contributed by atoms with Gasteiger partial charge in [-0.25, -0.2) is 4.68 Å². The standard InChI is InChI=1S/C31H28ClN3OS/c1-21-26-27(23-14-16-24(32)17-15-23)28-30(36-29(26)35(33-21)25-12-6-3-7-13-25)34(20-22-10-4-2-5-11-22)31(37-28)18-8-9-19-31/h2-7,10-17,27H,8-9,18-20H2,1H3. The van der Waals surface area contributed by atoms with E-state index in [-0.39, 0.29) is 10.8 Å². The first kappa shape index (κ1) is 23.0. The lowest BCUT2D eigenvalue weighted by molar-refractivity contribution is 0.135. The van der Waals surface area contributed by atoms with E-state index in [4.69, 9.17) is 21.4 Å². The number of thioether (sulfide) groups is 1. The van der Waals surface area contributed by atoms with Crippen LogP contribution in [-0.4, -0.2) is 19.6 Å². The smallest absolute Gasteiger partial charge is 0.229 e. The number of rotatable bonds is 4. The number of allylic oxidation sites excluding steroid dienone is 1. The molecular weight excluding hydrogens is 498 g/mol. The summed E-state index contributed by atoms with van der Waals surface area (Å²) in [6.45, 7) is 2.93. The van der Waals surface area contributed by atoms with Crippen molar-refractivity contribution in [2.24, 2.45) is 0 Å². The Morgan fingerprint density at radius 2 is 1.62 bits per heavy atom. The number of hydrogen-bond acceptors (Lipinski definition) is 4. The van der Waals surface area contributed by atoms with Crippen LogP contribution in [0.2, 0.25) is 5.02 Å². The Morgan fingerprint density at radius 3 is 2.32 bits per heavy atom. The summed E-state index contributed by atoms with van der Waals surface area (Å²) >= 11 is 8.35. The lowest BCUT2D eigenvalue weighted by Gasteiger charge is -2.37. The van der Waals surface area contributed by atoms with Crippen LogP contribution in [0.25, 0.3) is 5.69 Å².